The summed E-state index contributed by atoms with van der Waals surface area (Å²) in [5.74, 6) is 0.00000482. The zero-order chi connectivity index (χ0) is 29.2. The molecule has 13 heteroatoms. The largest absolute Gasteiger partial charge is 0.334 e. The minimum Gasteiger partial charge on any atom is -0.334 e. The highest BCUT2D eigenvalue weighted by atomic mass is 32.2. The Bertz CT molecular complexity index is 1760. The molecule has 4 aromatic heterocycles. The molecule has 2 fully saturated rings. The molecular formula is C28H33F2N7O3S. The maximum Gasteiger partial charge on any atom is 0.329 e. The van der Waals surface area contributed by atoms with Gasteiger partial charge < -0.3 is 19.6 Å². The molecule has 1 aliphatic heterocycles. The first-order chi connectivity index (χ1) is 19.4. The normalized spacial score (nSPS) is 19.9. The van der Waals surface area contributed by atoms with Gasteiger partial charge in [-0.2, -0.15) is 13.1 Å². The zero-order valence-corrected chi connectivity index (χ0v) is 24.0. The van der Waals surface area contributed by atoms with Crippen LogP contribution in [0.2, 0.25) is 0 Å². The smallest absolute Gasteiger partial charge is 0.329 e. The average Bonchev–Trinajstić information content (AvgIpc) is 3.58. The fraction of sp³-hybridized carbons (Fsp3) is 0.464. The second-order valence-corrected chi connectivity index (χ2v) is 13.2. The summed E-state index contributed by atoms with van der Waals surface area (Å²) >= 11 is 0. The van der Waals surface area contributed by atoms with E-state index in [1.54, 1.807) is 18.2 Å². The van der Waals surface area contributed by atoms with E-state index in [2.05, 4.69) is 4.98 Å². The van der Waals surface area contributed by atoms with Gasteiger partial charge >= 0.3 is 6.55 Å². The van der Waals surface area contributed by atoms with Gasteiger partial charge in [0.2, 0.25) is 10.0 Å². The van der Waals surface area contributed by atoms with E-state index >= 15 is 0 Å². The Balaban J connectivity index is 1.44. The highest BCUT2D eigenvalue weighted by Crippen LogP contribution is 2.37. The number of halogens is 2. The Kier molecular flexibility index (Phi) is 6.76. The molecule has 6 rings (SSSR count). The third-order valence-electron chi connectivity index (χ3n) is 8.16. The lowest BCUT2D eigenvalue weighted by Crippen LogP contribution is -2.50. The van der Waals surface area contributed by atoms with Crippen molar-refractivity contribution in [1.29, 1.82) is 0 Å². The van der Waals surface area contributed by atoms with E-state index in [-0.39, 0.29) is 28.1 Å². The molecule has 4 aromatic rings. The number of pyridine rings is 2. The number of carbonyl (C=O) groups is 1. The average molecular weight is 586 g/mol. The molecule has 1 amide bonds. The Hall–Kier alpha value is -3.58. The lowest BCUT2D eigenvalue weighted by molar-refractivity contribution is 0.0612. The van der Waals surface area contributed by atoms with Crippen molar-refractivity contribution in [2.45, 2.75) is 64.7 Å². The number of nitrogens with zero attached hydrogens (tertiary/aromatic N) is 6. The Labute approximate surface area is 236 Å². The lowest BCUT2D eigenvalue weighted by Gasteiger charge is -2.36. The van der Waals surface area contributed by atoms with Crippen LogP contribution in [0.3, 0.4) is 0 Å². The number of likely N-dealkylation sites (tertiary alicyclic amines) is 1. The summed E-state index contributed by atoms with van der Waals surface area (Å²) in [5.41, 5.74) is 9.98. The van der Waals surface area contributed by atoms with Crippen LogP contribution in [-0.4, -0.2) is 69.6 Å². The van der Waals surface area contributed by atoms with Crippen molar-refractivity contribution in [3.05, 3.63) is 47.8 Å². The van der Waals surface area contributed by atoms with Crippen molar-refractivity contribution in [1.82, 2.24) is 23.8 Å². The van der Waals surface area contributed by atoms with Gasteiger partial charge in [-0.25, -0.2) is 18.4 Å². The zero-order valence-electron chi connectivity index (χ0n) is 23.2. The molecule has 2 atom stereocenters. The number of alkyl halides is 2. The van der Waals surface area contributed by atoms with Gasteiger partial charge in [0.05, 0.1) is 11.9 Å². The van der Waals surface area contributed by atoms with Gasteiger partial charge in [-0.1, -0.05) is 0 Å². The highest BCUT2D eigenvalue weighted by Gasteiger charge is 2.31. The number of aromatic nitrogens is 4. The fourth-order valence-electron chi connectivity index (χ4n) is 5.72. The summed E-state index contributed by atoms with van der Waals surface area (Å²) in [4.78, 5) is 24.5. The van der Waals surface area contributed by atoms with Crippen LogP contribution < -0.4 is 10.0 Å². The van der Waals surface area contributed by atoms with Crippen LogP contribution in [0.4, 0.5) is 14.6 Å². The SMILES string of the molecule is Cc1c(-c2cc3ccc(N(C(F)F)S(C)(=O)=O)nc3n2CC2CC2)nc2cc(C(=O)N3C[C@H](N)CC[C@@H]3C)ccn12. The van der Waals surface area contributed by atoms with Crippen LogP contribution in [0.1, 0.15) is 48.7 Å². The topological polar surface area (TPSA) is 119 Å². The van der Waals surface area contributed by atoms with Crippen molar-refractivity contribution in [3.63, 3.8) is 0 Å². The third-order valence-corrected chi connectivity index (χ3v) is 9.22. The Morgan fingerprint density at radius 2 is 1.90 bits per heavy atom. The second-order valence-electron chi connectivity index (χ2n) is 11.3. The summed E-state index contributed by atoms with van der Waals surface area (Å²) in [6, 6.07) is 8.45. The molecular weight excluding hydrogens is 552 g/mol. The first-order valence-electron chi connectivity index (χ1n) is 13.8. The summed E-state index contributed by atoms with van der Waals surface area (Å²) < 4.78 is 55.6. The van der Waals surface area contributed by atoms with Gasteiger partial charge in [-0.3, -0.25) is 4.79 Å². The number of fused-ring (bicyclic) bond motifs is 2. The van der Waals surface area contributed by atoms with Gasteiger partial charge in [0.1, 0.15) is 22.8 Å². The van der Waals surface area contributed by atoms with E-state index in [0.717, 1.165) is 43.3 Å². The van der Waals surface area contributed by atoms with Gasteiger partial charge in [0, 0.05) is 48.0 Å². The number of amides is 1. The van der Waals surface area contributed by atoms with Crippen molar-refractivity contribution in [2.24, 2.45) is 11.7 Å². The molecule has 0 radical (unpaired) electrons. The summed E-state index contributed by atoms with van der Waals surface area (Å²) in [7, 11) is -4.25. The molecule has 41 heavy (non-hydrogen) atoms. The number of aryl methyl sites for hydroxylation is 1. The minimum atomic E-state index is -4.25. The fourth-order valence-corrected chi connectivity index (χ4v) is 6.45. The van der Waals surface area contributed by atoms with Crippen molar-refractivity contribution in [3.8, 4) is 11.4 Å². The van der Waals surface area contributed by atoms with Crippen LogP contribution in [0.25, 0.3) is 28.1 Å². The second kappa shape index (κ2) is 10.1. The number of anilines is 1. The van der Waals surface area contributed by atoms with Crippen LogP contribution in [0, 0.1) is 12.8 Å². The predicted octanol–water partition coefficient (Wildman–Crippen LogP) is 4.01. The van der Waals surface area contributed by atoms with Gasteiger partial charge in [0.25, 0.3) is 5.91 Å². The Morgan fingerprint density at radius 1 is 1.15 bits per heavy atom. The van der Waals surface area contributed by atoms with E-state index in [4.69, 9.17) is 10.7 Å². The molecule has 5 heterocycles. The number of nitrogens with two attached hydrogens (primary N) is 1. The van der Waals surface area contributed by atoms with Gasteiger partial charge in [-0.05, 0) is 75.8 Å². The van der Waals surface area contributed by atoms with Crippen LogP contribution in [-0.2, 0) is 16.6 Å². The number of rotatable bonds is 7. The molecule has 10 nitrogen and oxygen atoms in total. The summed E-state index contributed by atoms with van der Waals surface area (Å²) in [6.45, 7) is 1.83. The van der Waals surface area contributed by atoms with Crippen LogP contribution in [0.5, 0.6) is 0 Å². The number of piperidine rings is 1. The first-order valence-corrected chi connectivity index (χ1v) is 15.6. The Morgan fingerprint density at radius 3 is 2.59 bits per heavy atom. The number of hydrogen-bond donors (Lipinski definition) is 1. The van der Waals surface area contributed by atoms with Crippen molar-refractivity contribution in [2.75, 3.05) is 17.1 Å². The molecule has 218 valence electrons. The molecule has 2 N–H and O–H groups in total. The minimum absolute atomic E-state index is 0.0331. The molecule has 0 unspecified atom stereocenters. The molecule has 1 aliphatic carbocycles. The van der Waals surface area contributed by atoms with Crippen molar-refractivity contribution < 1.29 is 22.0 Å². The number of imidazole rings is 1. The summed E-state index contributed by atoms with van der Waals surface area (Å²) in [5, 5.41) is 0.690. The standard InChI is InChI=1S/C28H33F2N7O3S/c1-16-4-8-21(31)15-35(16)27(38)20-10-11-34-17(2)25(32-24(34)13-20)22-12-19-7-9-23(37(28(29)30)41(3,39)40)33-26(19)36(22)14-18-5-6-18/h7,9-13,16,18,21,28H,4-6,8,14-15,31H2,1-3H3/t16-,21+/m0/s1. The number of carbonyl (C=O) groups excluding carboxylic acids is 1. The number of sulfonamides is 1. The molecule has 1 saturated heterocycles. The molecule has 2 aliphatic rings. The molecule has 1 saturated carbocycles. The maximum atomic E-state index is 13.7. The number of hydrogen-bond acceptors (Lipinski definition) is 6. The molecule has 0 spiro atoms. The predicted molar refractivity (Wildman–Crippen MR) is 152 cm³/mol. The molecule has 0 aromatic carbocycles. The van der Waals surface area contributed by atoms with E-state index in [1.807, 2.05) is 40.0 Å². The monoisotopic (exact) mass is 585 g/mol. The highest BCUT2D eigenvalue weighted by molar-refractivity contribution is 7.92. The first kappa shape index (κ1) is 27.6. The van der Waals surface area contributed by atoms with Gasteiger partial charge in [0.15, 0.2) is 0 Å². The molecule has 0 bridgehead atoms. The maximum absolute atomic E-state index is 13.7. The van der Waals surface area contributed by atoms with Crippen molar-refractivity contribution >= 4 is 38.4 Å². The van der Waals surface area contributed by atoms with E-state index < -0.39 is 16.6 Å². The van der Waals surface area contributed by atoms with Crippen LogP contribution in [0.15, 0.2) is 36.5 Å². The van der Waals surface area contributed by atoms with Crippen LogP contribution >= 0.6 is 0 Å². The van der Waals surface area contributed by atoms with E-state index in [9.17, 15) is 22.0 Å². The quantitative estimate of drug-likeness (QED) is 0.328. The van der Waals surface area contributed by atoms with Gasteiger partial charge in [-0.15, -0.1) is 0 Å². The lowest BCUT2D eigenvalue weighted by atomic mass is 9.99. The van der Waals surface area contributed by atoms with E-state index in [1.165, 1.54) is 6.07 Å². The summed E-state index contributed by atoms with van der Waals surface area (Å²) in [6.07, 6.45) is 6.41. The third kappa shape index (κ3) is 5.05. The van der Waals surface area contributed by atoms with E-state index in [0.29, 0.717) is 46.9 Å².